The number of nitrogens with one attached hydrogen (secondary N) is 3. The number of hydrogen-bond donors (Lipinski definition) is 3. The Morgan fingerprint density at radius 3 is 2.74 bits per heavy atom. The van der Waals surface area contributed by atoms with Crippen LogP contribution in [-0.4, -0.2) is 42.1 Å². The van der Waals surface area contributed by atoms with Crippen molar-refractivity contribution in [2.24, 2.45) is 0 Å². The molecule has 1 aromatic carbocycles. The van der Waals surface area contributed by atoms with Crippen LogP contribution in [0.5, 0.6) is 0 Å². The van der Waals surface area contributed by atoms with Gasteiger partial charge in [0.15, 0.2) is 0 Å². The van der Waals surface area contributed by atoms with E-state index >= 15 is 0 Å². The van der Waals surface area contributed by atoms with Gasteiger partial charge in [0.2, 0.25) is 5.43 Å². The van der Waals surface area contributed by atoms with E-state index in [9.17, 15) is 9.59 Å². The molecule has 2 amide bonds. The molecule has 0 fully saturated rings. The van der Waals surface area contributed by atoms with E-state index in [-0.39, 0.29) is 11.1 Å². The summed E-state index contributed by atoms with van der Waals surface area (Å²) in [4.78, 5) is 29.4. The first-order valence-electron chi connectivity index (χ1n) is 7.64. The smallest absolute Gasteiger partial charge is 0.319 e. The molecule has 0 unspecified atom stereocenters. The fourth-order valence-electron chi connectivity index (χ4n) is 2.34. The molecule has 0 aliphatic rings. The third-order valence-electron chi connectivity index (χ3n) is 3.72. The number of urea groups is 1. The molecule has 1 heterocycles. The molecule has 0 aliphatic carbocycles. The zero-order valence-corrected chi connectivity index (χ0v) is 14.0. The fraction of sp³-hybridized carbons (Fsp3) is 0.375. The lowest BCUT2D eigenvalue weighted by atomic mass is 10.2. The minimum absolute atomic E-state index is 0.195. The van der Waals surface area contributed by atoms with E-state index in [1.54, 1.807) is 18.2 Å². The van der Waals surface area contributed by atoms with Gasteiger partial charge in [-0.05, 0) is 25.2 Å². The molecule has 0 saturated carbocycles. The number of hydrogen-bond acceptors (Lipinski definition) is 3. The van der Waals surface area contributed by atoms with Crippen molar-refractivity contribution in [3.8, 4) is 0 Å². The van der Waals surface area contributed by atoms with Crippen molar-refractivity contribution in [2.75, 3.05) is 31.5 Å². The monoisotopic (exact) mass is 336 g/mol. The van der Waals surface area contributed by atoms with Crippen LogP contribution >= 0.6 is 11.6 Å². The van der Waals surface area contributed by atoms with Crippen LogP contribution in [0, 0.1) is 0 Å². The number of carbonyl (C=O) groups excluding carboxylic acids is 1. The Morgan fingerprint density at radius 1 is 1.30 bits per heavy atom. The van der Waals surface area contributed by atoms with Gasteiger partial charge in [-0.3, -0.25) is 4.79 Å². The predicted molar refractivity (Wildman–Crippen MR) is 94.4 cm³/mol. The van der Waals surface area contributed by atoms with Gasteiger partial charge in [-0.2, -0.15) is 0 Å². The predicted octanol–water partition coefficient (Wildman–Crippen LogP) is 2.64. The van der Waals surface area contributed by atoms with E-state index in [0.29, 0.717) is 22.5 Å². The molecule has 0 saturated heterocycles. The highest BCUT2D eigenvalue weighted by atomic mass is 35.5. The van der Waals surface area contributed by atoms with Gasteiger partial charge in [-0.25, -0.2) is 4.79 Å². The zero-order chi connectivity index (χ0) is 16.8. The van der Waals surface area contributed by atoms with E-state index in [4.69, 9.17) is 11.6 Å². The van der Waals surface area contributed by atoms with Crippen LogP contribution in [0.1, 0.15) is 13.8 Å². The van der Waals surface area contributed by atoms with E-state index in [2.05, 4.69) is 34.4 Å². The molecule has 0 spiro atoms. The van der Waals surface area contributed by atoms with Crippen LogP contribution < -0.4 is 16.1 Å². The Morgan fingerprint density at radius 2 is 2.04 bits per heavy atom. The average Bonchev–Trinajstić information content (AvgIpc) is 2.55. The number of amides is 2. The summed E-state index contributed by atoms with van der Waals surface area (Å²) in [5.74, 6) is 0. The molecule has 1 aromatic heterocycles. The number of carbonyl (C=O) groups is 1. The molecule has 0 bridgehead atoms. The minimum Gasteiger partial charge on any atom is -0.358 e. The number of rotatable bonds is 6. The maximum absolute atomic E-state index is 12.4. The highest BCUT2D eigenvalue weighted by Gasteiger charge is 2.10. The minimum atomic E-state index is -0.399. The van der Waals surface area contributed by atoms with Crippen molar-refractivity contribution in [3.05, 3.63) is 39.6 Å². The number of para-hydroxylation sites is 1. The van der Waals surface area contributed by atoms with Gasteiger partial charge < -0.3 is 20.5 Å². The summed E-state index contributed by atoms with van der Waals surface area (Å²) in [6.07, 6.45) is 1.46. The number of pyridine rings is 1. The van der Waals surface area contributed by atoms with Gasteiger partial charge in [-0.1, -0.05) is 31.5 Å². The summed E-state index contributed by atoms with van der Waals surface area (Å²) in [7, 11) is 0. The number of likely N-dealkylation sites (N-methyl/N-ethyl adjacent to an activating group) is 1. The maximum atomic E-state index is 12.4. The molecule has 0 aliphatic heterocycles. The van der Waals surface area contributed by atoms with Crippen LogP contribution in [-0.2, 0) is 0 Å². The van der Waals surface area contributed by atoms with E-state index in [1.807, 2.05) is 0 Å². The summed E-state index contributed by atoms with van der Waals surface area (Å²) in [5.41, 5.74) is 0.493. The first-order valence-corrected chi connectivity index (χ1v) is 8.01. The van der Waals surface area contributed by atoms with Crippen molar-refractivity contribution >= 4 is 34.2 Å². The van der Waals surface area contributed by atoms with Crippen LogP contribution in [0.25, 0.3) is 10.9 Å². The lowest BCUT2D eigenvalue weighted by Gasteiger charge is -2.18. The number of nitrogens with zero attached hydrogens (tertiary/aromatic N) is 1. The molecule has 124 valence electrons. The first-order chi connectivity index (χ1) is 11.1. The van der Waals surface area contributed by atoms with Crippen molar-refractivity contribution in [1.29, 1.82) is 0 Å². The Balaban J connectivity index is 2.03. The summed E-state index contributed by atoms with van der Waals surface area (Å²) >= 11 is 6.04. The molecule has 7 heteroatoms. The largest absolute Gasteiger partial charge is 0.358 e. The second-order valence-corrected chi connectivity index (χ2v) is 5.51. The molecule has 2 aromatic rings. The summed E-state index contributed by atoms with van der Waals surface area (Å²) < 4.78 is 0. The van der Waals surface area contributed by atoms with E-state index in [0.717, 1.165) is 19.6 Å². The lowest BCUT2D eigenvalue weighted by Crippen LogP contribution is -2.37. The second-order valence-electron chi connectivity index (χ2n) is 5.10. The molecule has 0 atom stereocenters. The number of H-pyrrole nitrogens is 1. The number of anilines is 1. The molecule has 2 rings (SSSR count). The Kier molecular flexibility index (Phi) is 6.01. The van der Waals surface area contributed by atoms with Crippen molar-refractivity contribution in [2.45, 2.75) is 13.8 Å². The van der Waals surface area contributed by atoms with Gasteiger partial charge in [0.05, 0.1) is 10.5 Å². The SMILES string of the molecule is CCN(CC)CCNC(=O)Nc1c[nH]c2c(Cl)cccc2c1=O. The number of aromatic amines is 1. The quantitative estimate of drug-likeness (QED) is 0.759. The fourth-order valence-corrected chi connectivity index (χ4v) is 2.57. The van der Waals surface area contributed by atoms with Crippen LogP contribution in [0.2, 0.25) is 5.02 Å². The standard InChI is InChI=1S/C16H21ClN4O2/c1-3-21(4-2)9-8-18-16(23)20-13-10-19-14-11(15(13)22)6-5-7-12(14)17/h5-7,10H,3-4,8-9H2,1-2H3,(H,19,22)(H2,18,20,23). The highest BCUT2D eigenvalue weighted by molar-refractivity contribution is 6.35. The topological polar surface area (TPSA) is 77.2 Å². The Bertz CT molecular complexity index is 740. The maximum Gasteiger partial charge on any atom is 0.319 e. The van der Waals surface area contributed by atoms with Crippen molar-refractivity contribution < 1.29 is 4.79 Å². The molecule has 3 N–H and O–H groups in total. The average molecular weight is 337 g/mol. The molecule has 6 nitrogen and oxygen atoms in total. The third-order valence-corrected chi connectivity index (χ3v) is 4.03. The summed E-state index contributed by atoms with van der Waals surface area (Å²) in [6.45, 7) is 7.30. The van der Waals surface area contributed by atoms with Gasteiger partial charge >= 0.3 is 6.03 Å². The molecular formula is C16H21ClN4O2. The number of aromatic nitrogens is 1. The zero-order valence-electron chi connectivity index (χ0n) is 13.3. The number of fused-ring (bicyclic) bond motifs is 1. The molecular weight excluding hydrogens is 316 g/mol. The number of halogens is 1. The van der Waals surface area contributed by atoms with Crippen molar-refractivity contribution in [1.82, 2.24) is 15.2 Å². The summed E-state index contributed by atoms with van der Waals surface area (Å²) in [5, 5.41) is 6.23. The van der Waals surface area contributed by atoms with Crippen LogP contribution in [0.15, 0.2) is 29.2 Å². The van der Waals surface area contributed by atoms with Gasteiger partial charge in [0.1, 0.15) is 5.69 Å². The summed E-state index contributed by atoms with van der Waals surface area (Å²) in [6, 6.07) is 4.67. The second kappa shape index (κ2) is 7.99. The normalized spacial score (nSPS) is 11.0. The van der Waals surface area contributed by atoms with Gasteiger partial charge in [0.25, 0.3) is 0 Å². The van der Waals surface area contributed by atoms with Crippen LogP contribution in [0.4, 0.5) is 10.5 Å². The molecule has 0 radical (unpaired) electrons. The van der Waals surface area contributed by atoms with Gasteiger partial charge in [-0.15, -0.1) is 0 Å². The van der Waals surface area contributed by atoms with Crippen molar-refractivity contribution in [3.63, 3.8) is 0 Å². The number of benzene rings is 1. The van der Waals surface area contributed by atoms with E-state index < -0.39 is 6.03 Å². The van der Waals surface area contributed by atoms with Crippen LogP contribution in [0.3, 0.4) is 0 Å². The Labute approximate surface area is 139 Å². The first kappa shape index (κ1) is 17.3. The van der Waals surface area contributed by atoms with E-state index in [1.165, 1.54) is 6.20 Å². The van der Waals surface area contributed by atoms with Gasteiger partial charge in [0, 0.05) is 24.7 Å². The Hall–Kier alpha value is -2.05. The third kappa shape index (κ3) is 4.24. The molecule has 23 heavy (non-hydrogen) atoms. The lowest BCUT2D eigenvalue weighted by molar-refractivity contribution is 0.248. The highest BCUT2D eigenvalue weighted by Crippen LogP contribution is 2.19.